The molecule has 0 aromatic heterocycles. The van der Waals surface area contributed by atoms with Gasteiger partial charge in [0.15, 0.2) is 0 Å². The third-order valence-electron chi connectivity index (χ3n) is 5.00. The SMILES string of the molecule is CCN1CC(CCO)C(c2ccccc2)(c2ccccc2)C1=O. The van der Waals surface area contributed by atoms with Crippen molar-refractivity contribution < 1.29 is 9.90 Å². The fraction of sp³-hybridized carbons (Fsp3) is 0.350. The Balaban J connectivity index is 2.24. The third-order valence-corrected chi connectivity index (χ3v) is 5.00. The number of carbonyl (C=O) groups is 1. The number of likely N-dealkylation sites (N-methyl/N-ethyl adjacent to an activating group) is 1. The maximum absolute atomic E-state index is 13.4. The number of benzene rings is 2. The van der Waals surface area contributed by atoms with Gasteiger partial charge in [-0.1, -0.05) is 60.7 Å². The molecule has 1 amide bonds. The average molecular weight is 309 g/mol. The number of rotatable bonds is 5. The molecular weight excluding hydrogens is 286 g/mol. The smallest absolute Gasteiger partial charge is 0.238 e. The van der Waals surface area contributed by atoms with Crippen LogP contribution >= 0.6 is 0 Å². The van der Waals surface area contributed by atoms with E-state index in [9.17, 15) is 9.90 Å². The number of hydrogen-bond donors (Lipinski definition) is 1. The molecule has 0 aliphatic carbocycles. The molecule has 2 aromatic carbocycles. The first kappa shape index (κ1) is 15.8. The highest BCUT2D eigenvalue weighted by molar-refractivity contribution is 5.94. The number of likely N-dealkylation sites (tertiary alicyclic amines) is 1. The van der Waals surface area contributed by atoms with E-state index < -0.39 is 5.41 Å². The normalized spacial score (nSPS) is 20.0. The van der Waals surface area contributed by atoms with Crippen LogP contribution in [-0.4, -0.2) is 35.6 Å². The van der Waals surface area contributed by atoms with Crippen LogP contribution in [0.1, 0.15) is 24.5 Å². The standard InChI is InChI=1S/C20H23NO2/c1-2-21-15-18(13-14-22)20(19(21)23,16-9-5-3-6-10-16)17-11-7-4-8-12-17/h3-12,18,22H,2,13-15H2,1H3. The molecule has 3 nitrogen and oxygen atoms in total. The molecule has 0 bridgehead atoms. The quantitative estimate of drug-likeness (QED) is 0.922. The first-order chi connectivity index (χ1) is 11.2. The zero-order valence-electron chi connectivity index (χ0n) is 13.5. The molecule has 1 aliphatic rings. The lowest BCUT2D eigenvalue weighted by molar-refractivity contribution is -0.131. The summed E-state index contributed by atoms with van der Waals surface area (Å²) in [6, 6.07) is 20.0. The van der Waals surface area contributed by atoms with Gasteiger partial charge < -0.3 is 10.0 Å². The van der Waals surface area contributed by atoms with Gasteiger partial charge in [-0.05, 0) is 24.5 Å². The minimum Gasteiger partial charge on any atom is -0.396 e. The molecule has 1 N–H and O–H groups in total. The Morgan fingerprint density at radius 3 is 2.00 bits per heavy atom. The molecule has 1 aliphatic heterocycles. The zero-order chi connectivity index (χ0) is 16.3. The first-order valence-corrected chi connectivity index (χ1v) is 8.26. The van der Waals surface area contributed by atoms with Crippen LogP contribution in [0.25, 0.3) is 0 Å². The predicted molar refractivity (Wildman–Crippen MR) is 91.1 cm³/mol. The Bertz CT molecular complexity index is 614. The summed E-state index contributed by atoms with van der Waals surface area (Å²) in [5.74, 6) is 0.223. The van der Waals surface area contributed by atoms with Crippen LogP contribution in [0, 0.1) is 5.92 Å². The summed E-state index contributed by atoms with van der Waals surface area (Å²) in [7, 11) is 0. The van der Waals surface area contributed by atoms with Gasteiger partial charge in [0.05, 0.1) is 0 Å². The van der Waals surface area contributed by atoms with Crippen molar-refractivity contribution in [1.29, 1.82) is 0 Å². The summed E-state index contributed by atoms with van der Waals surface area (Å²) in [4.78, 5) is 15.3. The lowest BCUT2D eigenvalue weighted by Gasteiger charge is -2.34. The van der Waals surface area contributed by atoms with Crippen LogP contribution < -0.4 is 0 Å². The number of aliphatic hydroxyl groups excluding tert-OH is 1. The highest BCUT2D eigenvalue weighted by Gasteiger charge is 2.55. The summed E-state index contributed by atoms with van der Waals surface area (Å²) in [5, 5.41) is 9.57. The third kappa shape index (κ3) is 2.45. The molecule has 1 saturated heterocycles. The second-order valence-electron chi connectivity index (χ2n) is 6.09. The van der Waals surface area contributed by atoms with E-state index in [1.807, 2.05) is 72.5 Å². The highest BCUT2D eigenvalue weighted by Crippen LogP contribution is 2.47. The Hall–Kier alpha value is -2.13. The molecule has 0 spiro atoms. The van der Waals surface area contributed by atoms with Crippen LogP contribution in [0.3, 0.4) is 0 Å². The van der Waals surface area contributed by atoms with Crippen molar-refractivity contribution in [3.05, 3.63) is 71.8 Å². The van der Waals surface area contributed by atoms with Crippen molar-refractivity contribution in [3.8, 4) is 0 Å². The van der Waals surface area contributed by atoms with Crippen LogP contribution in [-0.2, 0) is 10.2 Å². The van der Waals surface area contributed by atoms with E-state index in [1.54, 1.807) is 0 Å². The number of hydrogen-bond acceptors (Lipinski definition) is 2. The Labute approximate surface area is 137 Å². The van der Waals surface area contributed by atoms with E-state index in [2.05, 4.69) is 0 Å². The largest absolute Gasteiger partial charge is 0.396 e. The van der Waals surface area contributed by atoms with Gasteiger partial charge in [-0.2, -0.15) is 0 Å². The molecule has 3 heteroatoms. The second-order valence-corrected chi connectivity index (χ2v) is 6.09. The fourth-order valence-electron chi connectivity index (χ4n) is 3.93. The minimum absolute atomic E-state index is 0.0738. The molecule has 1 heterocycles. The van der Waals surface area contributed by atoms with E-state index in [1.165, 1.54) is 0 Å². The van der Waals surface area contributed by atoms with E-state index in [4.69, 9.17) is 0 Å². The first-order valence-electron chi connectivity index (χ1n) is 8.26. The molecule has 0 radical (unpaired) electrons. The Kier molecular flexibility index (Phi) is 4.49. The van der Waals surface area contributed by atoms with Gasteiger partial charge in [-0.15, -0.1) is 0 Å². The number of aliphatic hydroxyl groups is 1. The monoisotopic (exact) mass is 309 g/mol. The van der Waals surface area contributed by atoms with Gasteiger partial charge in [0, 0.05) is 25.6 Å². The van der Waals surface area contributed by atoms with Gasteiger partial charge >= 0.3 is 0 Å². The van der Waals surface area contributed by atoms with Crippen molar-refractivity contribution in [3.63, 3.8) is 0 Å². The van der Waals surface area contributed by atoms with Crippen LogP contribution in [0.15, 0.2) is 60.7 Å². The summed E-state index contributed by atoms with van der Waals surface area (Å²) in [5.41, 5.74) is 1.34. The lowest BCUT2D eigenvalue weighted by atomic mass is 9.66. The van der Waals surface area contributed by atoms with E-state index in [0.29, 0.717) is 19.5 Å². The predicted octanol–water partition coefficient (Wildman–Crippen LogP) is 2.83. The minimum atomic E-state index is -0.693. The number of carbonyl (C=O) groups excluding carboxylic acids is 1. The van der Waals surface area contributed by atoms with Gasteiger partial charge in [0.2, 0.25) is 5.91 Å². The number of amides is 1. The molecular formula is C20H23NO2. The van der Waals surface area contributed by atoms with Crippen molar-refractivity contribution in [1.82, 2.24) is 4.90 Å². The maximum Gasteiger partial charge on any atom is 0.238 e. The molecule has 0 saturated carbocycles. The molecule has 120 valence electrons. The van der Waals surface area contributed by atoms with Gasteiger partial charge in [0.25, 0.3) is 0 Å². The summed E-state index contributed by atoms with van der Waals surface area (Å²) < 4.78 is 0. The lowest BCUT2D eigenvalue weighted by Crippen LogP contribution is -2.42. The van der Waals surface area contributed by atoms with Crippen LogP contribution in [0.5, 0.6) is 0 Å². The van der Waals surface area contributed by atoms with Gasteiger partial charge in [0.1, 0.15) is 5.41 Å². The molecule has 2 aromatic rings. The fourth-order valence-corrected chi connectivity index (χ4v) is 3.93. The van der Waals surface area contributed by atoms with Crippen molar-refractivity contribution >= 4 is 5.91 Å². The van der Waals surface area contributed by atoms with E-state index in [0.717, 1.165) is 11.1 Å². The molecule has 1 unspecified atom stereocenters. The van der Waals surface area contributed by atoms with Crippen molar-refractivity contribution in [2.24, 2.45) is 5.92 Å². The van der Waals surface area contributed by atoms with Gasteiger partial charge in [-0.3, -0.25) is 4.79 Å². The van der Waals surface area contributed by atoms with E-state index in [-0.39, 0.29) is 18.4 Å². The molecule has 3 rings (SSSR count). The summed E-state index contributed by atoms with van der Waals surface area (Å²) in [6.45, 7) is 3.50. The maximum atomic E-state index is 13.4. The van der Waals surface area contributed by atoms with Gasteiger partial charge in [-0.25, -0.2) is 0 Å². The Morgan fingerprint density at radius 1 is 1.04 bits per heavy atom. The van der Waals surface area contributed by atoms with Crippen LogP contribution in [0.4, 0.5) is 0 Å². The summed E-state index contributed by atoms with van der Waals surface area (Å²) in [6.07, 6.45) is 0.617. The van der Waals surface area contributed by atoms with Crippen LogP contribution in [0.2, 0.25) is 0 Å². The van der Waals surface area contributed by atoms with Crippen molar-refractivity contribution in [2.45, 2.75) is 18.8 Å². The number of nitrogens with zero attached hydrogens (tertiary/aromatic N) is 1. The zero-order valence-corrected chi connectivity index (χ0v) is 13.5. The summed E-state index contributed by atoms with van der Waals surface area (Å²) >= 11 is 0. The van der Waals surface area contributed by atoms with Crippen molar-refractivity contribution in [2.75, 3.05) is 19.7 Å². The second kappa shape index (κ2) is 6.55. The highest BCUT2D eigenvalue weighted by atomic mass is 16.3. The van der Waals surface area contributed by atoms with E-state index >= 15 is 0 Å². The average Bonchev–Trinajstić information content (AvgIpc) is 2.89. The molecule has 23 heavy (non-hydrogen) atoms. The Morgan fingerprint density at radius 2 is 1.57 bits per heavy atom. The molecule has 1 atom stereocenters. The topological polar surface area (TPSA) is 40.5 Å². The molecule has 1 fully saturated rings.